The van der Waals surface area contributed by atoms with Crippen molar-refractivity contribution < 1.29 is 17.9 Å². The van der Waals surface area contributed by atoms with E-state index in [1.165, 1.54) is 17.5 Å². The Bertz CT molecular complexity index is 988. The number of methoxy groups -OCH3 is 1. The molecule has 1 aliphatic heterocycles. The Morgan fingerprint density at radius 1 is 1.21 bits per heavy atom. The minimum absolute atomic E-state index is 0.0966. The summed E-state index contributed by atoms with van der Waals surface area (Å²) in [4.78, 5) is 16.9. The van der Waals surface area contributed by atoms with Crippen molar-refractivity contribution in [2.24, 2.45) is 5.92 Å². The molecule has 2 aliphatic rings. The predicted molar refractivity (Wildman–Crippen MR) is 109 cm³/mol. The fourth-order valence-electron chi connectivity index (χ4n) is 3.88. The van der Waals surface area contributed by atoms with Crippen LogP contribution >= 0.6 is 0 Å². The minimum Gasteiger partial charge on any atom is -0.495 e. The summed E-state index contributed by atoms with van der Waals surface area (Å²) in [6.07, 6.45) is 7.02. The molecule has 7 nitrogen and oxygen atoms in total. The summed E-state index contributed by atoms with van der Waals surface area (Å²) in [7, 11) is -2.22. The molecule has 1 saturated heterocycles. The van der Waals surface area contributed by atoms with Crippen LogP contribution in [-0.2, 0) is 14.8 Å². The zero-order valence-corrected chi connectivity index (χ0v) is 17.2. The lowest BCUT2D eigenvalue weighted by atomic mass is 10.1. The van der Waals surface area contributed by atoms with Crippen LogP contribution in [0.25, 0.3) is 0 Å². The fourth-order valence-corrected chi connectivity index (χ4v) is 5.58. The number of carbonyl (C=O) groups is 1. The lowest BCUT2D eigenvalue weighted by molar-refractivity contribution is -0.117. The Morgan fingerprint density at radius 3 is 2.69 bits per heavy atom. The van der Waals surface area contributed by atoms with Gasteiger partial charge in [-0.15, -0.1) is 0 Å². The minimum atomic E-state index is -3.67. The van der Waals surface area contributed by atoms with E-state index in [1.807, 2.05) is 12.1 Å². The summed E-state index contributed by atoms with van der Waals surface area (Å²) in [5, 5.41) is 2.87. The van der Waals surface area contributed by atoms with Crippen LogP contribution in [0.5, 0.6) is 5.75 Å². The van der Waals surface area contributed by atoms with Gasteiger partial charge in [-0.1, -0.05) is 12.5 Å². The van der Waals surface area contributed by atoms with Crippen LogP contribution in [0.3, 0.4) is 0 Å². The Morgan fingerprint density at radius 2 is 2.00 bits per heavy atom. The number of hydrogen-bond acceptors (Lipinski definition) is 5. The van der Waals surface area contributed by atoms with E-state index in [4.69, 9.17) is 4.74 Å². The third-order valence-corrected chi connectivity index (χ3v) is 7.52. The van der Waals surface area contributed by atoms with Gasteiger partial charge in [0.25, 0.3) is 0 Å². The Labute approximate surface area is 171 Å². The fraction of sp³-hybridized carbons (Fsp3) is 0.429. The highest BCUT2D eigenvalue weighted by molar-refractivity contribution is 7.89. The number of piperidine rings is 1. The number of anilines is 1. The molecular weight excluding hydrogens is 390 g/mol. The van der Waals surface area contributed by atoms with Gasteiger partial charge in [0.1, 0.15) is 10.6 Å². The van der Waals surface area contributed by atoms with Crippen molar-refractivity contribution in [2.45, 2.75) is 36.5 Å². The number of ether oxygens (including phenoxy) is 1. The van der Waals surface area contributed by atoms with E-state index in [9.17, 15) is 13.2 Å². The standard InChI is InChI=1S/C21H25N3O4S/c1-28-19-8-7-16(12-20(19)29(26,27)24-10-3-2-4-11-24)23-21(25)18-13-17(18)15-6-5-9-22-14-15/h5-9,12,14,17-18H,2-4,10-11,13H2,1H3,(H,23,25)/t17-,18-/m1/s1. The number of sulfonamides is 1. The van der Waals surface area contributed by atoms with E-state index in [0.29, 0.717) is 18.8 Å². The second-order valence-electron chi connectivity index (χ2n) is 7.55. The van der Waals surface area contributed by atoms with Crippen LogP contribution in [-0.4, -0.2) is 43.8 Å². The highest BCUT2D eigenvalue weighted by atomic mass is 32.2. The van der Waals surface area contributed by atoms with Crippen LogP contribution < -0.4 is 10.1 Å². The first-order valence-corrected chi connectivity index (χ1v) is 11.3. The molecule has 8 heteroatoms. The van der Waals surface area contributed by atoms with Crippen molar-refractivity contribution in [2.75, 3.05) is 25.5 Å². The number of amides is 1. The molecule has 0 bridgehead atoms. The molecule has 1 N–H and O–H groups in total. The number of nitrogens with zero attached hydrogens (tertiary/aromatic N) is 2. The van der Waals surface area contributed by atoms with Crippen LogP contribution in [0.15, 0.2) is 47.6 Å². The normalized spacial score (nSPS) is 22.1. The van der Waals surface area contributed by atoms with Crippen molar-refractivity contribution in [1.29, 1.82) is 0 Å². The van der Waals surface area contributed by atoms with Crippen molar-refractivity contribution >= 4 is 21.6 Å². The Kier molecular flexibility index (Phi) is 5.56. The Hall–Kier alpha value is -2.45. The molecule has 0 spiro atoms. The summed E-state index contributed by atoms with van der Waals surface area (Å²) in [5.74, 6) is 0.223. The molecule has 2 heterocycles. The second-order valence-corrected chi connectivity index (χ2v) is 9.46. The lowest BCUT2D eigenvalue weighted by Gasteiger charge is -2.26. The number of rotatable bonds is 6. The molecule has 2 fully saturated rings. The number of nitrogens with one attached hydrogen (secondary N) is 1. The maximum Gasteiger partial charge on any atom is 0.246 e. The average Bonchev–Trinajstić information content (AvgIpc) is 3.56. The number of benzene rings is 1. The van der Waals surface area contributed by atoms with E-state index in [1.54, 1.807) is 24.5 Å². The van der Waals surface area contributed by atoms with Crippen molar-refractivity contribution in [3.8, 4) is 5.75 Å². The number of carbonyl (C=O) groups excluding carboxylic acids is 1. The van der Waals surface area contributed by atoms with Crippen LogP contribution in [0.4, 0.5) is 5.69 Å². The maximum absolute atomic E-state index is 13.1. The van der Waals surface area contributed by atoms with Gasteiger partial charge in [0.2, 0.25) is 15.9 Å². The summed E-state index contributed by atoms with van der Waals surface area (Å²) >= 11 is 0. The molecule has 29 heavy (non-hydrogen) atoms. The molecule has 1 amide bonds. The van der Waals surface area contributed by atoms with E-state index < -0.39 is 10.0 Å². The van der Waals surface area contributed by atoms with E-state index in [2.05, 4.69) is 10.3 Å². The zero-order chi connectivity index (χ0) is 20.4. The third kappa shape index (κ3) is 4.13. The molecule has 1 aliphatic carbocycles. The summed E-state index contributed by atoms with van der Waals surface area (Å²) < 4.78 is 33.0. The van der Waals surface area contributed by atoms with Gasteiger partial charge >= 0.3 is 0 Å². The van der Waals surface area contributed by atoms with Gasteiger partial charge in [0.15, 0.2) is 0 Å². The van der Waals surface area contributed by atoms with Crippen molar-refractivity contribution in [3.05, 3.63) is 48.3 Å². The smallest absolute Gasteiger partial charge is 0.246 e. The molecular formula is C21H25N3O4S. The topological polar surface area (TPSA) is 88.6 Å². The molecule has 154 valence electrons. The van der Waals surface area contributed by atoms with Crippen LogP contribution in [0.1, 0.15) is 37.2 Å². The molecule has 2 atom stereocenters. The molecule has 0 unspecified atom stereocenters. The summed E-state index contributed by atoms with van der Waals surface area (Å²) in [6.45, 7) is 1.02. The van der Waals surface area contributed by atoms with Crippen LogP contribution in [0, 0.1) is 5.92 Å². The molecule has 1 aromatic heterocycles. The van der Waals surface area contributed by atoms with Crippen molar-refractivity contribution in [3.63, 3.8) is 0 Å². The van der Waals surface area contributed by atoms with E-state index in [-0.39, 0.29) is 28.4 Å². The first kappa shape index (κ1) is 19.8. The quantitative estimate of drug-likeness (QED) is 0.783. The van der Waals surface area contributed by atoms with Gasteiger partial charge in [-0.05, 0) is 55.0 Å². The summed E-state index contributed by atoms with van der Waals surface area (Å²) in [5.41, 5.74) is 1.51. The van der Waals surface area contributed by atoms with Gasteiger partial charge in [-0.3, -0.25) is 9.78 Å². The monoisotopic (exact) mass is 415 g/mol. The SMILES string of the molecule is COc1ccc(NC(=O)[C@@H]2C[C@@H]2c2cccnc2)cc1S(=O)(=O)N1CCCCC1. The molecule has 1 aromatic carbocycles. The molecule has 1 saturated carbocycles. The Balaban J connectivity index is 1.52. The highest BCUT2D eigenvalue weighted by Crippen LogP contribution is 2.47. The largest absolute Gasteiger partial charge is 0.495 e. The molecule has 4 rings (SSSR count). The van der Waals surface area contributed by atoms with Gasteiger partial charge in [-0.25, -0.2) is 8.42 Å². The maximum atomic E-state index is 13.1. The number of pyridine rings is 1. The van der Waals surface area contributed by atoms with Crippen molar-refractivity contribution in [1.82, 2.24) is 9.29 Å². The zero-order valence-electron chi connectivity index (χ0n) is 16.4. The average molecular weight is 416 g/mol. The number of aromatic nitrogens is 1. The second kappa shape index (κ2) is 8.12. The van der Waals surface area contributed by atoms with Gasteiger partial charge in [0, 0.05) is 37.1 Å². The van der Waals surface area contributed by atoms with Gasteiger partial charge < -0.3 is 10.1 Å². The van der Waals surface area contributed by atoms with Gasteiger partial charge in [-0.2, -0.15) is 4.31 Å². The van der Waals surface area contributed by atoms with E-state index >= 15 is 0 Å². The predicted octanol–water partition coefficient (Wildman–Crippen LogP) is 3.01. The lowest BCUT2D eigenvalue weighted by Crippen LogP contribution is -2.35. The highest BCUT2D eigenvalue weighted by Gasteiger charge is 2.44. The summed E-state index contributed by atoms with van der Waals surface area (Å²) in [6, 6.07) is 8.61. The van der Waals surface area contributed by atoms with Crippen LogP contribution in [0.2, 0.25) is 0 Å². The molecule has 2 aromatic rings. The number of hydrogen-bond donors (Lipinski definition) is 1. The first-order valence-electron chi connectivity index (χ1n) is 9.89. The third-order valence-electron chi connectivity index (χ3n) is 5.60. The van der Waals surface area contributed by atoms with Gasteiger partial charge in [0.05, 0.1) is 7.11 Å². The first-order chi connectivity index (χ1) is 14.0. The van der Waals surface area contributed by atoms with E-state index in [0.717, 1.165) is 31.2 Å². The molecule has 0 radical (unpaired) electrons.